The van der Waals surface area contributed by atoms with Crippen molar-refractivity contribution in [2.75, 3.05) is 0 Å². The maximum atomic E-state index is 13.0. The SMILES string of the molecule is O=C1NC(=O)N(C2CCCC2)C(=O)/C1=C/c1ccc(-c2ccc(F)cc2)o1. The molecule has 0 spiro atoms. The number of carbonyl (C=O) groups is 3. The van der Waals surface area contributed by atoms with Crippen LogP contribution in [0.25, 0.3) is 17.4 Å². The summed E-state index contributed by atoms with van der Waals surface area (Å²) in [6.07, 6.45) is 4.73. The van der Waals surface area contributed by atoms with Gasteiger partial charge < -0.3 is 4.42 Å². The van der Waals surface area contributed by atoms with Crippen LogP contribution >= 0.6 is 0 Å². The molecule has 4 amide bonds. The van der Waals surface area contributed by atoms with Gasteiger partial charge in [-0.3, -0.25) is 19.8 Å². The number of benzene rings is 1. The number of nitrogens with one attached hydrogen (secondary N) is 1. The summed E-state index contributed by atoms with van der Waals surface area (Å²) in [7, 11) is 0. The van der Waals surface area contributed by atoms with Crippen molar-refractivity contribution >= 4 is 23.9 Å². The van der Waals surface area contributed by atoms with Crippen LogP contribution < -0.4 is 5.32 Å². The maximum absolute atomic E-state index is 13.0. The lowest BCUT2D eigenvalue weighted by atomic mass is 10.1. The number of rotatable bonds is 3. The summed E-state index contributed by atoms with van der Waals surface area (Å²) in [6, 6.07) is 8.22. The van der Waals surface area contributed by atoms with Gasteiger partial charge in [0.15, 0.2) is 0 Å². The van der Waals surface area contributed by atoms with Gasteiger partial charge in [0.25, 0.3) is 11.8 Å². The molecule has 2 aromatic rings. The monoisotopic (exact) mass is 368 g/mol. The van der Waals surface area contributed by atoms with Gasteiger partial charge in [0, 0.05) is 11.6 Å². The molecule has 1 aromatic carbocycles. The van der Waals surface area contributed by atoms with Gasteiger partial charge in [-0.1, -0.05) is 12.8 Å². The number of halogens is 1. The first-order valence-electron chi connectivity index (χ1n) is 8.79. The van der Waals surface area contributed by atoms with E-state index >= 15 is 0 Å². The van der Waals surface area contributed by atoms with Crippen molar-refractivity contribution in [1.82, 2.24) is 10.2 Å². The van der Waals surface area contributed by atoms with E-state index in [0.717, 1.165) is 30.6 Å². The molecule has 1 aliphatic heterocycles. The van der Waals surface area contributed by atoms with Gasteiger partial charge in [0.2, 0.25) is 0 Å². The Labute approximate surface area is 154 Å². The zero-order chi connectivity index (χ0) is 19.0. The highest BCUT2D eigenvalue weighted by Gasteiger charge is 2.40. The average Bonchev–Trinajstić information content (AvgIpc) is 3.31. The molecule has 2 heterocycles. The summed E-state index contributed by atoms with van der Waals surface area (Å²) in [5, 5.41) is 2.23. The number of imide groups is 2. The van der Waals surface area contributed by atoms with Crippen LogP contribution in [0.3, 0.4) is 0 Å². The van der Waals surface area contributed by atoms with Crippen LogP contribution in [0, 0.1) is 5.82 Å². The highest BCUT2D eigenvalue weighted by Crippen LogP contribution is 2.28. The van der Waals surface area contributed by atoms with E-state index in [1.807, 2.05) is 0 Å². The number of nitrogens with zero attached hydrogens (tertiary/aromatic N) is 1. The van der Waals surface area contributed by atoms with Crippen molar-refractivity contribution in [2.45, 2.75) is 31.7 Å². The molecular weight excluding hydrogens is 351 g/mol. The minimum absolute atomic E-state index is 0.137. The summed E-state index contributed by atoms with van der Waals surface area (Å²) in [5.74, 6) is -0.911. The molecule has 27 heavy (non-hydrogen) atoms. The van der Waals surface area contributed by atoms with E-state index in [2.05, 4.69) is 5.32 Å². The van der Waals surface area contributed by atoms with E-state index in [1.54, 1.807) is 24.3 Å². The van der Waals surface area contributed by atoms with E-state index in [9.17, 15) is 18.8 Å². The minimum Gasteiger partial charge on any atom is -0.457 e. The summed E-state index contributed by atoms with van der Waals surface area (Å²) in [6.45, 7) is 0. The molecular formula is C20H17FN2O4. The smallest absolute Gasteiger partial charge is 0.331 e. The van der Waals surface area contributed by atoms with Crippen LogP contribution in [0.5, 0.6) is 0 Å². The third-order valence-corrected chi connectivity index (χ3v) is 4.87. The predicted molar refractivity (Wildman–Crippen MR) is 94.7 cm³/mol. The van der Waals surface area contributed by atoms with Crippen molar-refractivity contribution in [3.05, 3.63) is 53.5 Å². The van der Waals surface area contributed by atoms with Gasteiger partial charge in [-0.25, -0.2) is 9.18 Å². The Morgan fingerprint density at radius 2 is 1.74 bits per heavy atom. The Hall–Kier alpha value is -3.22. The van der Waals surface area contributed by atoms with Crippen LogP contribution in [0.1, 0.15) is 31.4 Å². The Balaban J connectivity index is 1.62. The van der Waals surface area contributed by atoms with Crippen LogP contribution in [0.15, 0.2) is 46.4 Å². The van der Waals surface area contributed by atoms with Gasteiger partial charge in [0.05, 0.1) is 0 Å². The van der Waals surface area contributed by atoms with E-state index in [4.69, 9.17) is 4.42 Å². The molecule has 1 saturated carbocycles. The number of carbonyl (C=O) groups excluding carboxylic acids is 3. The fraction of sp³-hybridized carbons (Fsp3) is 0.250. The molecule has 7 heteroatoms. The second kappa shape index (κ2) is 6.83. The molecule has 2 fully saturated rings. The summed E-state index contributed by atoms with van der Waals surface area (Å²) < 4.78 is 18.7. The van der Waals surface area contributed by atoms with E-state index < -0.39 is 17.8 Å². The standard InChI is InChI=1S/C20H17FN2O4/c21-13-7-5-12(6-8-13)17-10-9-15(27-17)11-16-18(24)22-20(26)23(19(16)25)14-3-1-2-4-14/h5-11,14H,1-4H2,(H,22,24,26)/b16-11+. The Morgan fingerprint density at radius 3 is 2.44 bits per heavy atom. The van der Waals surface area contributed by atoms with Gasteiger partial charge in [0.1, 0.15) is 22.9 Å². The molecule has 1 saturated heterocycles. The lowest BCUT2D eigenvalue weighted by Gasteiger charge is -2.30. The normalized spacial score (nSPS) is 19.8. The maximum Gasteiger partial charge on any atom is 0.331 e. The Morgan fingerprint density at radius 1 is 1.04 bits per heavy atom. The Bertz CT molecular complexity index is 939. The summed E-state index contributed by atoms with van der Waals surface area (Å²) >= 11 is 0. The second-order valence-corrected chi connectivity index (χ2v) is 6.64. The zero-order valence-corrected chi connectivity index (χ0v) is 14.4. The zero-order valence-electron chi connectivity index (χ0n) is 14.4. The van der Waals surface area contributed by atoms with Crippen LogP contribution in [-0.4, -0.2) is 28.8 Å². The van der Waals surface area contributed by atoms with E-state index in [-0.39, 0.29) is 17.4 Å². The highest BCUT2D eigenvalue weighted by molar-refractivity contribution is 6.31. The predicted octanol–water partition coefficient (Wildman–Crippen LogP) is 3.49. The molecule has 4 rings (SSSR count). The van der Waals surface area contributed by atoms with Crippen LogP contribution in [0.4, 0.5) is 9.18 Å². The molecule has 6 nitrogen and oxygen atoms in total. The van der Waals surface area contributed by atoms with Crippen molar-refractivity contribution in [3.8, 4) is 11.3 Å². The first kappa shape index (κ1) is 17.2. The molecule has 1 aliphatic carbocycles. The first-order valence-corrected chi connectivity index (χ1v) is 8.79. The minimum atomic E-state index is -0.737. The molecule has 1 N–H and O–H groups in total. The van der Waals surface area contributed by atoms with Crippen LogP contribution in [0.2, 0.25) is 0 Å². The van der Waals surface area contributed by atoms with Crippen molar-refractivity contribution < 1.29 is 23.2 Å². The average molecular weight is 368 g/mol. The number of furan rings is 1. The number of hydrogen-bond acceptors (Lipinski definition) is 4. The fourth-order valence-corrected chi connectivity index (χ4v) is 3.51. The van der Waals surface area contributed by atoms with E-state index in [1.165, 1.54) is 18.2 Å². The van der Waals surface area contributed by atoms with Gasteiger partial charge in [-0.2, -0.15) is 0 Å². The van der Waals surface area contributed by atoms with Crippen molar-refractivity contribution in [1.29, 1.82) is 0 Å². The molecule has 0 atom stereocenters. The van der Waals surface area contributed by atoms with Crippen molar-refractivity contribution in [3.63, 3.8) is 0 Å². The largest absolute Gasteiger partial charge is 0.457 e. The molecule has 1 aromatic heterocycles. The van der Waals surface area contributed by atoms with Gasteiger partial charge >= 0.3 is 6.03 Å². The number of hydrogen-bond donors (Lipinski definition) is 1. The summed E-state index contributed by atoms with van der Waals surface area (Å²) in [5.41, 5.74) is 0.532. The summed E-state index contributed by atoms with van der Waals surface area (Å²) in [4.78, 5) is 38.2. The topological polar surface area (TPSA) is 79.6 Å². The first-order chi connectivity index (χ1) is 13.0. The molecule has 2 aliphatic rings. The quantitative estimate of drug-likeness (QED) is 0.664. The Kier molecular flexibility index (Phi) is 4.35. The van der Waals surface area contributed by atoms with Crippen LogP contribution in [-0.2, 0) is 9.59 Å². The number of urea groups is 1. The van der Waals surface area contributed by atoms with E-state index in [0.29, 0.717) is 17.1 Å². The molecule has 0 bridgehead atoms. The molecule has 0 radical (unpaired) electrons. The van der Waals surface area contributed by atoms with Gasteiger partial charge in [-0.05, 0) is 55.3 Å². The lowest BCUT2D eigenvalue weighted by Crippen LogP contribution is -2.57. The molecule has 0 unspecified atom stereocenters. The lowest BCUT2D eigenvalue weighted by molar-refractivity contribution is -0.131. The number of barbiturate groups is 1. The van der Waals surface area contributed by atoms with Gasteiger partial charge in [-0.15, -0.1) is 0 Å². The molecule has 138 valence electrons. The third kappa shape index (κ3) is 3.28. The third-order valence-electron chi connectivity index (χ3n) is 4.87. The van der Waals surface area contributed by atoms with Crippen molar-refractivity contribution in [2.24, 2.45) is 0 Å². The number of amides is 4. The highest BCUT2D eigenvalue weighted by atomic mass is 19.1. The fourth-order valence-electron chi connectivity index (χ4n) is 3.51. The second-order valence-electron chi connectivity index (χ2n) is 6.64.